The van der Waals surface area contributed by atoms with Crippen LogP contribution in [0, 0.1) is 11.8 Å². The molecule has 1 aliphatic carbocycles. The number of imidazole rings is 1. The van der Waals surface area contributed by atoms with Crippen LogP contribution in [0.25, 0.3) is 0 Å². The summed E-state index contributed by atoms with van der Waals surface area (Å²) in [5.74, 6) is 1.34. The zero-order valence-corrected chi connectivity index (χ0v) is 15.6. The molecule has 0 bridgehead atoms. The van der Waals surface area contributed by atoms with E-state index in [0.29, 0.717) is 11.8 Å². The van der Waals surface area contributed by atoms with Gasteiger partial charge in [0.25, 0.3) is 0 Å². The number of fused-ring (bicyclic) bond motifs is 2. The predicted octanol–water partition coefficient (Wildman–Crippen LogP) is 1.92. The van der Waals surface area contributed by atoms with Crippen LogP contribution in [0.2, 0.25) is 0 Å². The second kappa shape index (κ2) is 6.64. The van der Waals surface area contributed by atoms with Crippen molar-refractivity contribution in [1.29, 1.82) is 0 Å². The minimum Gasteiger partial charge on any atom is -0.381 e. The number of H-pyrrole nitrogens is 1. The number of carbonyl (C=O) groups is 1. The summed E-state index contributed by atoms with van der Waals surface area (Å²) in [5, 5.41) is 0. The Morgan fingerprint density at radius 2 is 2.12 bits per heavy atom. The smallest absolute Gasteiger partial charge is 0.226 e. The summed E-state index contributed by atoms with van der Waals surface area (Å²) in [7, 11) is 0. The molecule has 3 aliphatic heterocycles. The van der Waals surface area contributed by atoms with Gasteiger partial charge in [-0.15, -0.1) is 0 Å². The molecule has 142 valence electrons. The van der Waals surface area contributed by atoms with Crippen LogP contribution in [-0.2, 0) is 21.5 Å². The van der Waals surface area contributed by atoms with E-state index < -0.39 is 0 Å². The van der Waals surface area contributed by atoms with Gasteiger partial charge < -0.3 is 19.5 Å². The number of hydrogen-bond acceptors (Lipinski definition) is 4. The summed E-state index contributed by atoms with van der Waals surface area (Å²) >= 11 is 0. The fourth-order valence-corrected chi connectivity index (χ4v) is 5.38. The highest BCUT2D eigenvalue weighted by atomic mass is 16.5. The number of piperidine rings is 1. The molecule has 3 fully saturated rings. The molecule has 1 aromatic rings. The summed E-state index contributed by atoms with van der Waals surface area (Å²) < 4.78 is 5.54. The molecule has 4 heterocycles. The van der Waals surface area contributed by atoms with Gasteiger partial charge in [-0.2, -0.15) is 0 Å². The topological polar surface area (TPSA) is 61.5 Å². The maximum absolute atomic E-state index is 13.2. The summed E-state index contributed by atoms with van der Waals surface area (Å²) in [5.41, 5.74) is 2.23. The van der Waals surface area contributed by atoms with Crippen LogP contribution in [-0.4, -0.2) is 65.1 Å². The molecule has 0 aromatic carbocycles. The van der Waals surface area contributed by atoms with Gasteiger partial charge in [0.05, 0.1) is 24.2 Å². The lowest BCUT2D eigenvalue weighted by molar-refractivity contribution is -0.149. The maximum Gasteiger partial charge on any atom is 0.226 e. The Balaban J connectivity index is 1.36. The number of aromatic nitrogens is 2. The normalized spacial score (nSPS) is 28.9. The molecular weight excluding hydrogens is 328 g/mol. The molecule has 1 atom stereocenters. The Hall–Kier alpha value is -1.40. The van der Waals surface area contributed by atoms with Gasteiger partial charge in [0, 0.05) is 50.8 Å². The molecule has 5 rings (SSSR count). The second-order valence-corrected chi connectivity index (χ2v) is 8.66. The van der Waals surface area contributed by atoms with Crippen molar-refractivity contribution in [3.05, 3.63) is 17.7 Å². The van der Waals surface area contributed by atoms with Crippen molar-refractivity contribution in [3.8, 4) is 0 Å². The van der Waals surface area contributed by atoms with Crippen LogP contribution in [0.3, 0.4) is 0 Å². The van der Waals surface area contributed by atoms with Crippen molar-refractivity contribution in [2.45, 2.75) is 50.5 Å². The lowest BCUT2D eigenvalue weighted by Gasteiger charge is -2.52. The predicted molar refractivity (Wildman–Crippen MR) is 97.6 cm³/mol. The van der Waals surface area contributed by atoms with Crippen LogP contribution >= 0.6 is 0 Å². The summed E-state index contributed by atoms with van der Waals surface area (Å²) in [4.78, 5) is 26.1. The van der Waals surface area contributed by atoms with E-state index in [4.69, 9.17) is 9.72 Å². The fourth-order valence-electron chi connectivity index (χ4n) is 5.38. The fraction of sp³-hybridized carbons (Fsp3) is 0.800. The first-order valence-electron chi connectivity index (χ1n) is 10.4. The SMILES string of the molecule is O=C(C1CCC1)N1CCc2[nH]cnc2C12CCN(CC1CCOC1)CC2. The molecule has 4 aliphatic rings. The largest absolute Gasteiger partial charge is 0.381 e. The number of nitrogens with one attached hydrogen (secondary N) is 1. The van der Waals surface area contributed by atoms with E-state index in [1.54, 1.807) is 0 Å². The number of likely N-dealkylation sites (tertiary alicyclic amines) is 1. The molecule has 1 unspecified atom stereocenters. The lowest BCUT2D eigenvalue weighted by Crippen LogP contribution is -2.60. The van der Waals surface area contributed by atoms with Crippen LogP contribution in [0.5, 0.6) is 0 Å². The number of nitrogens with zero attached hydrogens (tertiary/aromatic N) is 3. The molecule has 1 spiro atoms. The summed E-state index contributed by atoms with van der Waals surface area (Å²) in [6, 6.07) is 0. The number of hydrogen-bond donors (Lipinski definition) is 1. The van der Waals surface area contributed by atoms with Gasteiger partial charge in [0.2, 0.25) is 5.91 Å². The molecule has 1 saturated carbocycles. The average molecular weight is 358 g/mol. The summed E-state index contributed by atoms with van der Waals surface area (Å²) in [6.07, 6.45) is 9.32. The standard InChI is InChI=1S/C20H30N4O2/c25-19(16-2-1-3-16)24-8-4-17-18(22-14-21-17)20(24)6-9-23(10-7-20)12-15-5-11-26-13-15/h14-16H,1-13H2,(H,21,22). The van der Waals surface area contributed by atoms with E-state index in [-0.39, 0.29) is 11.5 Å². The van der Waals surface area contributed by atoms with Gasteiger partial charge in [-0.1, -0.05) is 6.42 Å². The van der Waals surface area contributed by atoms with Crippen molar-refractivity contribution < 1.29 is 9.53 Å². The Labute approximate surface area is 155 Å². The third kappa shape index (κ3) is 2.69. The molecule has 1 amide bonds. The van der Waals surface area contributed by atoms with Crippen molar-refractivity contribution in [2.24, 2.45) is 11.8 Å². The minimum atomic E-state index is -0.178. The van der Waals surface area contributed by atoms with Crippen molar-refractivity contribution >= 4 is 5.91 Å². The third-order valence-electron chi connectivity index (χ3n) is 7.21. The molecule has 1 N–H and O–H groups in total. The third-order valence-corrected chi connectivity index (χ3v) is 7.21. The first-order chi connectivity index (χ1) is 12.8. The van der Waals surface area contributed by atoms with E-state index in [9.17, 15) is 4.79 Å². The summed E-state index contributed by atoms with van der Waals surface area (Å²) in [6.45, 7) is 5.93. The zero-order chi connectivity index (χ0) is 17.6. The zero-order valence-electron chi connectivity index (χ0n) is 15.6. The van der Waals surface area contributed by atoms with Crippen LogP contribution in [0.4, 0.5) is 0 Å². The van der Waals surface area contributed by atoms with Gasteiger partial charge in [-0.05, 0) is 38.0 Å². The van der Waals surface area contributed by atoms with E-state index in [1.807, 2.05) is 6.33 Å². The highest BCUT2D eigenvalue weighted by molar-refractivity contribution is 5.81. The van der Waals surface area contributed by atoms with Crippen molar-refractivity contribution in [2.75, 3.05) is 39.4 Å². The van der Waals surface area contributed by atoms with E-state index in [2.05, 4.69) is 14.8 Å². The van der Waals surface area contributed by atoms with Gasteiger partial charge in [-0.3, -0.25) is 4.79 Å². The Morgan fingerprint density at radius 1 is 1.27 bits per heavy atom. The Morgan fingerprint density at radius 3 is 2.81 bits per heavy atom. The first-order valence-corrected chi connectivity index (χ1v) is 10.4. The van der Waals surface area contributed by atoms with Gasteiger partial charge in [-0.25, -0.2) is 4.98 Å². The number of rotatable bonds is 3. The molecule has 6 heteroatoms. The molecule has 1 aromatic heterocycles. The van der Waals surface area contributed by atoms with Crippen molar-refractivity contribution in [1.82, 2.24) is 19.8 Å². The van der Waals surface area contributed by atoms with Crippen LogP contribution in [0.15, 0.2) is 6.33 Å². The molecule has 26 heavy (non-hydrogen) atoms. The highest BCUT2D eigenvalue weighted by Gasteiger charge is 2.50. The molecule has 2 saturated heterocycles. The van der Waals surface area contributed by atoms with Crippen LogP contribution < -0.4 is 0 Å². The number of amides is 1. The Kier molecular flexibility index (Phi) is 4.28. The highest BCUT2D eigenvalue weighted by Crippen LogP contribution is 2.44. The molecular formula is C20H30N4O2. The monoisotopic (exact) mass is 358 g/mol. The average Bonchev–Trinajstić information content (AvgIpc) is 3.27. The second-order valence-electron chi connectivity index (χ2n) is 8.66. The molecule has 0 radical (unpaired) electrons. The van der Waals surface area contributed by atoms with Crippen LogP contribution in [0.1, 0.15) is 49.9 Å². The van der Waals surface area contributed by atoms with E-state index in [0.717, 1.165) is 77.2 Å². The van der Waals surface area contributed by atoms with Gasteiger partial charge in [0.15, 0.2) is 0 Å². The first kappa shape index (κ1) is 16.8. The molecule has 6 nitrogen and oxygen atoms in total. The quantitative estimate of drug-likeness (QED) is 0.897. The maximum atomic E-state index is 13.2. The lowest BCUT2D eigenvalue weighted by atomic mass is 9.76. The van der Waals surface area contributed by atoms with E-state index >= 15 is 0 Å². The number of aromatic amines is 1. The van der Waals surface area contributed by atoms with Gasteiger partial charge in [0.1, 0.15) is 0 Å². The van der Waals surface area contributed by atoms with E-state index in [1.165, 1.54) is 18.5 Å². The van der Waals surface area contributed by atoms with Gasteiger partial charge >= 0.3 is 0 Å². The number of carbonyl (C=O) groups excluding carboxylic acids is 1. The van der Waals surface area contributed by atoms with Crippen molar-refractivity contribution in [3.63, 3.8) is 0 Å². The number of ether oxygens (including phenoxy) is 1. The minimum absolute atomic E-state index is 0.178. The Bertz CT molecular complexity index is 655.